The summed E-state index contributed by atoms with van der Waals surface area (Å²) < 4.78 is 0. The van der Waals surface area contributed by atoms with Crippen LogP contribution in [0.3, 0.4) is 0 Å². The van der Waals surface area contributed by atoms with Gasteiger partial charge in [-0.2, -0.15) is 5.26 Å². The van der Waals surface area contributed by atoms with E-state index >= 15 is 0 Å². The molecule has 1 aliphatic rings. The number of hydrogen-bond donors (Lipinski definition) is 1. The first kappa shape index (κ1) is 19.0. The molecule has 1 heterocycles. The maximum Gasteiger partial charge on any atom is 0.254 e. The molecule has 0 radical (unpaired) electrons. The zero-order valence-corrected chi connectivity index (χ0v) is 16.2. The third-order valence-corrected chi connectivity index (χ3v) is 5.57. The number of nitrogens with zero attached hydrogens (tertiary/aromatic N) is 2. The Kier molecular flexibility index (Phi) is 5.82. The van der Waals surface area contributed by atoms with Gasteiger partial charge in [0.05, 0.1) is 22.6 Å². The molecule has 1 aliphatic heterocycles. The van der Waals surface area contributed by atoms with Crippen LogP contribution >= 0.6 is 11.8 Å². The largest absolute Gasteiger partial charge is 0.334 e. The van der Waals surface area contributed by atoms with E-state index in [1.54, 1.807) is 23.1 Å². The zero-order chi connectivity index (χ0) is 19.4. The molecular formula is C21H21N3O2S. The predicted octanol–water partition coefficient (Wildman–Crippen LogP) is 4.04. The molecule has 0 aromatic heterocycles. The summed E-state index contributed by atoms with van der Waals surface area (Å²) in [5, 5.41) is 11.7. The molecular weight excluding hydrogens is 358 g/mol. The molecule has 1 unspecified atom stereocenters. The molecule has 2 amide bonds. The van der Waals surface area contributed by atoms with Crippen LogP contribution in [0.5, 0.6) is 0 Å². The molecule has 2 aromatic carbocycles. The van der Waals surface area contributed by atoms with Gasteiger partial charge in [0.15, 0.2) is 0 Å². The first-order chi connectivity index (χ1) is 13.0. The van der Waals surface area contributed by atoms with Gasteiger partial charge in [-0.05, 0) is 49.2 Å². The summed E-state index contributed by atoms with van der Waals surface area (Å²) in [6, 6.07) is 14.8. The van der Waals surface area contributed by atoms with Gasteiger partial charge < -0.3 is 10.2 Å². The number of hydrogen-bond acceptors (Lipinski definition) is 4. The second kappa shape index (κ2) is 8.28. The van der Waals surface area contributed by atoms with Crippen molar-refractivity contribution in [3.8, 4) is 6.07 Å². The summed E-state index contributed by atoms with van der Waals surface area (Å²) in [4.78, 5) is 27.7. The van der Waals surface area contributed by atoms with E-state index in [2.05, 4.69) is 11.4 Å². The SMILES string of the molecule is CCCN(Cc1ccc(C#N)cc1)C(=O)c1ccc2c(c1)NC(=O)C(C)S2. The number of amides is 2. The van der Waals surface area contributed by atoms with Crippen molar-refractivity contribution in [2.24, 2.45) is 0 Å². The summed E-state index contributed by atoms with van der Waals surface area (Å²) in [5.74, 6) is -0.109. The first-order valence-corrected chi connectivity index (χ1v) is 9.79. The third-order valence-electron chi connectivity index (χ3n) is 4.39. The van der Waals surface area contributed by atoms with Gasteiger partial charge in [0.25, 0.3) is 5.91 Å². The molecule has 0 aliphatic carbocycles. The Morgan fingerprint density at radius 1 is 1.26 bits per heavy atom. The minimum absolute atomic E-state index is 0.0416. The summed E-state index contributed by atoms with van der Waals surface area (Å²) in [5.41, 5.74) is 2.84. The van der Waals surface area contributed by atoms with Gasteiger partial charge in [-0.25, -0.2) is 0 Å². The highest BCUT2D eigenvalue weighted by molar-refractivity contribution is 8.00. The fraction of sp³-hybridized carbons (Fsp3) is 0.286. The topological polar surface area (TPSA) is 73.2 Å². The number of nitrogens with one attached hydrogen (secondary N) is 1. The van der Waals surface area contributed by atoms with Crippen LogP contribution in [-0.2, 0) is 11.3 Å². The normalized spacial score (nSPS) is 15.4. The van der Waals surface area contributed by atoms with Crippen molar-refractivity contribution < 1.29 is 9.59 Å². The molecule has 3 rings (SSSR count). The van der Waals surface area contributed by atoms with Crippen LogP contribution in [0.1, 0.15) is 41.8 Å². The van der Waals surface area contributed by atoms with Crippen LogP contribution in [0.25, 0.3) is 0 Å². The highest BCUT2D eigenvalue weighted by Gasteiger charge is 2.24. The zero-order valence-electron chi connectivity index (χ0n) is 15.4. The average Bonchev–Trinajstić information content (AvgIpc) is 2.68. The van der Waals surface area contributed by atoms with Gasteiger partial charge in [0.1, 0.15) is 0 Å². The lowest BCUT2D eigenvalue weighted by Crippen LogP contribution is -2.32. The number of rotatable bonds is 5. The Morgan fingerprint density at radius 2 is 2.00 bits per heavy atom. The number of carbonyl (C=O) groups excluding carboxylic acids is 2. The Morgan fingerprint density at radius 3 is 2.67 bits per heavy atom. The van der Waals surface area contributed by atoms with E-state index in [-0.39, 0.29) is 17.1 Å². The van der Waals surface area contributed by atoms with E-state index in [0.717, 1.165) is 16.9 Å². The fourth-order valence-electron chi connectivity index (χ4n) is 2.95. The van der Waals surface area contributed by atoms with Crippen molar-refractivity contribution in [3.05, 3.63) is 59.2 Å². The van der Waals surface area contributed by atoms with E-state index in [4.69, 9.17) is 5.26 Å². The molecule has 1 N–H and O–H groups in total. The monoisotopic (exact) mass is 379 g/mol. The van der Waals surface area contributed by atoms with E-state index in [9.17, 15) is 9.59 Å². The summed E-state index contributed by atoms with van der Waals surface area (Å²) >= 11 is 1.50. The molecule has 0 bridgehead atoms. The van der Waals surface area contributed by atoms with Crippen LogP contribution in [-0.4, -0.2) is 28.5 Å². The van der Waals surface area contributed by atoms with Crippen molar-refractivity contribution in [2.75, 3.05) is 11.9 Å². The summed E-state index contributed by atoms with van der Waals surface area (Å²) in [7, 11) is 0. The minimum atomic E-state index is -0.132. The quantitative estimate of drug-likeness (QED) is 0.851. The maximum atomic E-state index is 13.0. The van der Waals surface area contributed by atoms with Crippen molar-refractivity contribution in [1.82, 2.24) is 4.90 Å². The fourth-order valence-corrected chi connectivity index (χ4v) is 3.88. The Labute approximate surface area is 163 Å². The molecule has 2 aromatic rings. The van der Waals surface area contributed by atoms with Crippen molar-refractivity contribution in [1.29, 1.82) is 5.26 Å². The molecule has 27 heavy (non-hydrogen) atoms. The van der Waals surface area contributed by atoms with Gasteiger partial charge in [-0.3, -0.25) is 9.59 Å². The van der Waals surface area contributed by atoms with Gasteiger partial charge in [-0.1, -0.05) is 19.1 Å². The molecule has 0 fully saturated rings. The molecule has 138 valence electrons. The van der Waals surface area contributed by atoms with Crippen LogP contribution in [0.15, 0.2) is 47.4 Å². The lowest BCUT2D eigenvalue weighted by atomic mass is 10.1. The Hall–Kier alpha value is -2.78. The number of nitriles is 1. The highest BCUT2D eigenvalue weighted by atomic mass is 32.2. The molecule has 0 saturated carbocycles. The number of carbonyl (C=O) groups is 2. The number of thioether (sulfide) groups is 1. The summed E-state index contributed by atoms with van der Waals surface area (Å²) in [6.07, 6.45) is 0.844. The second-order valence-electron chi connectivity index (χ2n) is 6.50. The minimum Gasteiger partial charge on any atom is -0.334 e. The van der Waals surface area contributed by atoms with E-state index in [1.165, 1.54) is 11.8 Å². The molecule has 5 nitrogen and oxygen atoms in total. The number of fused-ring (bicyclic) bond motifs is 1. The molecule has 0 spiro atoms. The standard InChI is InChI=1S/C21H21N3O2S/c1-3-10-24(13-16-6-4-15(12-22)5-7-16)21(26)17-8-9-19-18(11-17)23-20(25)14(2)27-19/h4-9,11,14H,3,10,13H2,1-2H3,(H,23,25). The van der Waals surface area contributed by atoms with Gasteiger partial charge in [0.2, 0.25) is 5.91 Å². The van der Waals surface area contributed by atoms with Crippen LogP contribution in [0.2, 0.25) is 0 Å². The van der Waals surface area contributed by atoms with Gasteiger partial charge >= 0.3 is 0 Å². The van der Waals surface area contributed by atoms with Gasteiger partial charge in [0, 0.05) is 23.5 Å². The predicted molar refractivity (Wildman–Crippen MR) is 107 cm³/mol. The van der Waals surface area contributed by atoms with Crippen molar-refractivity contribution >= 4 is 29.3 Å². The smallest absolute Gasteiger partial charge is 0.254 e. The van der Waals surface area contributed by atoms with Crippen LogP contribution in [0, 0.1) is 11.3 Å². The van der Waals surface area contributed by atoms with Crippen LogP contribution < -0.4 is 5.32 Å². The van der Waals surface area contributed by atoms with Crippen molar-refractivity contribution in [3.63, 3.8) is 0 Å². The molecule has 1 atom stereocenters. The second-order valence-corrected chi connectivity index (χ2v) is 7.88. The lowest BCUT2D eigenvalue weighted by molar-refractivity contribution is -0.115. The van der Waals surface area contributed by atoms with Gasteiger partial charge in [-0.15, -0.1) is 11.8 Å². The van der Waals surface area contributed by atoms with Crippen LogP contribution in [0.4, 0.5) is 5.69 Å². The average molecular weight is 379 g/mol. The number of anilines is 1. The Bertz CT molecular complexity index is 903. The van der Waals surface area contributed by atoms with Crippen molar-refractivity contribution in [2.45, 2.75) is 37.0 Å². The molecule has 6 heteroatoms. The number of benzene rings is 2. The Balaban J connectivity index is 1.81. The highest BCUT2D eigenvalue weighted by Crippen LogP contribution is 2.36. The van der Waals surface area contributed by atoms with E-state index in [0.29, 0.717) is 29.9 Å². The third kappa shape index (κ3) is 4.32. The van der Waals surface area contributed by atoms with E-state index in [1.807, 2.05) is 38.1 Å². The maximum absolute atomic E-state index is 13.0. The first-order valence-electron chi connectivity index (χ1n) is 8.91. The lowest BCUT2D eigenvalue weighted by Gasteiger charge is -2.25. The summed E-state index contributed by atoms with van der Waals surface area (Å²) in [6.45, 7) is 5.01. The van der Waals surface area contributed by atoms with E-state index < -0.39 is 0 Å². The molecule has 0 saturated heterocycles.